The van der Waals surface area contributed by atoms with Crippen molar-refractivity contribution in [2.45, 2.75) is 23.2 Å². The topological polar surface area (TPSA) is 129 Å². The molecule has 2 aliphatic heterocycles. The predicted octanol–water partition coefficient (Wildman–Crippen LogP) is -3.86. The number of carboxylic acids is 1. The molecule has 2 aliphatic rings. The Balaban J connectivity index is 0.00000300. The van der Waals surface area contributed by atoms with Gasteiger partial charge in [-0.2, -0.15) is 0 Å². The number of thioether (sulfide) groups is 2. The summed E-state index contributed by atoms with van der Waals surface area (Å²) >= 11 is 2.60. The molecule has 3 heterocycles. The average Bonchev–Trinajstić information content (AvgIpc) is 2.68. The van der Waals surface area contributed by atoms with E-state index in [-0.39, 0.29) is 59.3 Å². The van der Waals surface area contributed by atoms with Gasteiger partial charge in [0.2, 0.25) is 5.91 Å². The first-order valence-electron chi connectivity index (χ1n) is 8.22. The number of aliphatic carboxylic acids is 1. The van der Waals surface area contributed by atoms with E-state index in [0.29, 0.717) is 5.57 Å². The van der Waals surface area contributed by atoms with Gasteiger partial charge in [0.25, 0.3) is 5.91 Å². The first kappa shape index (κ1) is 23.7. The Labute approximate surface area is 197 Å². The minimum absolute atomic E-state index is 0. The monoisotopic (exact) mass is 445 g/mol. The number of ether oxygens (including phenoxy) is 1. The van der Waals surface area contributed by atoms with Crippen molar-refractivity contribution in [3.63, 3.8) is 0 Å². The summed E-state index contributed by atoms with van der Waals surface area (Å²) < 4.78 is 4.85. The Morgan fingerprint density at radius 1 is 1.38 bits per heavy atom. The van der Waals surface area contributed by atoms with E-state index >= 15 is 0 Å². The van der Waals surface area contributed by atoms with E-state index < -0.39 is 29.3 Å². The Morgan fingerprint density at radius 3 is 2.69 bits per heavy atom. The number of pyridine rings is 1. The van der Waals surface area contributed by atoms with Crippen LogP contribution in [0.5, 0.6) is 0 Å². The SMILES string of the molecule is CC(=O)OCC1=C(C(=O)[O-])N2C(=O)[C@@H](NC(=O)CSc3ccncc3)[C@@H]2SC1.[Na+]. The molecule has 9 nitrogen and oxygen atoms in total. The largest absolute Gasteiger partial charge is 1.00 e. The zero-order valence-electron chi connectivity index (χ0n) is 15.7. The second-order valence-corrected chi connectivity index (χ2v) is 8.10. The number of fused-ring (bicyclic) bond motifs is 1. The number of carbonyl (C=O) groups is 4. The maximum atomic E-state index is 12.5. The Hall–Kier alpha value is -1.53. The zero-order valence-corrected chi connectivity index (χ0v) is 19.4. The van der Waals surface area contributed by atoms with Crippen molar-refractivity contribution in [3.8, 4) is 0 Å². The Kier molecular flexibility index (Phi) is 8.58. The van der Waals surface area contributed by atoms with E-state index in [2.05, 4.69) is 10.3 Å². The third-order valence-electron chi connectivity index (χ3n) is 4.03. The second-order valence-electron chi connectivity index (χ2n) is 5.95. The minimum atomic E-state index is -1.51. The maximum absolute atomic E-state index is 12.5. The molecule has 1 aromatic heterocycles. The van der Waals surface area contributed by atoms with E-state index in [1.165, 1.54) is 30.4 Å². The van der Waals surface area contributed by atoms with E-state index in [1.807, 2.05) is 0 Å². The van der Waals surface area contributed by atoms with Gasteiger partial charge in [-0.1, -0.05) is 0 Å². The van der Waals surface area contributed by atoms with Crippen LogP contribution >= 0.6 is 23.5 Å². The van der Waals surface area contributed by atoms with Crippen molar-refractivity contribution >= 4 is 47.3 Å². The molecule has 2 amide bonds. The van der Waals surface area contributed by atoms with Crippen LogP contribution in [-0.2, 0) is 23.9 Å². The smallest absolute Gasteiger partial charge is 0.543 e. The molecule has 1 fully saturated rings. The van der Waals surface area contributed by atoms with Crippen LogP contribution in [-0.4, -0.2) is 63.2 Å². The van der Waals surface area contributed by atoms with Crippen molar-refractivity contribution in [2.75, 3.05) is 18.1 Å². The standard InChI is InChI=1S/C17H17N3O6S2.Na/c1-9(21)26-6-10-7-28-16-13(15(23)20(16)14(10)17(24)25)19-12(22)8-27-11-2-4-18-5-3-11;/h2-5,13,16H,6-8H2,1H3,(H,19,22)(H,24,25);/q;+1/p-1/t13-,16+;/m1./s1. The molecule has 1 aromatic rings. The van der Waals surface area contributed by atoms with Gasteiger partial charge in [-0.15, -0.1) is 23.5 Å². The van der Waals surface area contributed by atoms with Crippen LogP contribution in [0.15, 0.2) is 40.7 Å². The second kappa shape index (κ2) is 10.5. The van der Waals surface area contributed by atoms with Crippen molar-refractivity contribution in [3.05, 3.63) is 35.8 Å². The summed E-state index contributed by atoms with van der Waals surface area (Å²) in [7, 11) is 0. The number of carboxylic acid groups (broad SMARTS) is 1. The van der Waals surface area contributed by atoms with Gasteiger partial charge in [0.15, 0.2) is 0 Å². The summed E-state index contributed by atoms with van der Waals surface area (Å²) in [6, 6.07) is 2.74. The molecule has 0 spiro atoms. The number of hydrogen-bond donors (Lipinski definition) is 1. The first-order chi connectivity index (χ1) is 13.4. The van der Waals surface area contributed by atoms with Gasteiger partial charge >= 0.3 is 35.5 Å². The molecule has 0 aliphatic carbocycles. The van der Waals surface area contributed by atoms with Gasteiger partial charge in [0.05, 0.1) is 17.4 Å². The number of aromatic nitrogens is 1. The molecule has 2 atom stereocenters. The van der Waals surface area contributed by atoms with Gasteiger partial charge in [0, 0.05) is 35.5 Å². The summed E-state index contributed by atoms with van der Waals surface area (Å²) in [6.07, 6.45) is 3.24. The van der Waals surface area contributed by atoms with E-state index in [4.69, 9.17) is 4.74 Å². The number of carbonyl (C=O) groups excluding carboxylic acids is 4. The first-order valence-corrected chi connectivity index (χ1v) is 10.3. The molecular formula is C17H16N3NaO6S2. The number of rotatable bonds is 7. The number of nitrogens with one attached hydrogen (secondary N) is 1. The third-order valence-corrected chi connectivity index (χ3v) is 6.38. The van der Waals surface area contributed by atoms with Crippen molar-refractivity contribution in [1.82, 2.24) is 15.2 Å². The molecule has 0 saturated carbocycles. The van der Waals surface area contributed by atoms with E-state index in [0.717, 1.165) is 9.80 Å². The molecule has 0 bridgehead atoms. The van der Waals surface area contributed by atoms with Crippen molar-refractivity contribution in [1.29, 1.82) is 0 Å². The van der Waals surface area contributed by atoms with Crippen molar-refractivity contribution in [2.24, 2.45) is 0 Å². The van der Waals surface area contributed by atoms with Gasteiger partial charge in [-0.25, -0.2) is 0 Å². The molecule has 0 radical (unpaired) electrons. The fourth-order valence-electron chi connectivity index (χ4n) is 2.77. The number of amides is 2. The minimum Gasteiger partial charge on any atom is -0.543 e. The zero-order chi connectivity index (χ0) is 20.3. The summed E-state index contributed by atoms with van der Waals surface area (Å²) in [5, 5.41) is 13.6. The van der Waals surface area contributed by atoms with Crippen LogP contribution in [0.2, 0.25) is 0 Å². The maximum Gasteiger partial charge on any atom is 1.00 e. The average molecular weight is 445 g/mol. The van der Waals surface area contributed by atoms with Crippen LogP contribution in [0.25, 0.3) is 0 Å². The predicted molar refractivity (Wildman–Crippen MR) is 98.6 cm³/mol. The molecule has 0 aromatic carbocycles. The summed E-state index contributed by atoms with van der Waals surface area (Å²) in [5.41, 5.74) is 0.00878. The van der Waals surface area contributed by atoms with Crippen LogP contribution < -0.4 is 40.0 Å². The third kappa shape index (κ3) is 5.54. The van der Waals surface area contributed by atoms with Gasteiger partial charge < -0.3 is 20.0 Å². The van der Waals surface area contributed by atoms with Crippen LogP contribution in [0.4, 0.5) is 0 Å². The molecule has 148 valence electrons. The fraction of sp³-hybridized carbons (Fsp3) is 0.353. The normalized spacial score (nSPS) is 20.2. The van der Waals surface area contributed by atoms with E-state index in [9.17, 15) is 24.3 Å². The van der Waals surface area contributed by atoms with Crippen molar-refractivity contribution < 1.29 is 58.6 Å². The molecular weight excluding hydrogens is 429 g/mol. The van der Waals surface area contributed by atoms with Crippen LogP contribution in [0, 0.1) is 0 Å². The number of β-lactam (4-membered cyclic amide) rings is 1. The number of hydrogen-bond acceptors (Lipinski definition) is 9. The van der Waals surface area contributed by atoms with Gasteiger partial charge in [-0.3, -0.25) is 24.3 Å². The van der Waals surface area contributed by atoms with Gasteiger partial charge in [-0.05, 0) is 12.1 Å². The quantitative estimate of drug-likeness (QED) is 0.194. The Morgan fingerprint density at radius 2 is 2.07 bits per heavy atom. The molecule has 3 rings (SSSR count). The summed E-state index contributed by atoms with van der Waals surface area (Å²) in [4.78, 5) is 53.0. The molecule has 29 heavy (non-hydrogen) atoms. The van der Waals surface area contributed by atoms with Gasteiger partial charge in [0.1, 0.15) is 18.0 Å². The fourth-order valence-corrected chi connectivity index (χ4v) is 4.79. The molecule has 1 N–H and O–H groups in total. The van der Waals surface area contributed by atoms with Crippen LogP contribution in [0.1, 0.15) is 6.92 Å². The molecule has 1 saturated heterocycles. The summed E-state index contributed by atoms with van der Waals surface area (Å²) in [5.74, 6) is -2.55. The number of esters is 1. The summed E-state index contributed by atoms with van der Waals surface area (Å²) in [6.45, 7) is 0.990. The Bertz CT molecular complexity index is 851. The number of nitrogens with zero attached hydrogens (tertiary/aromatic N) is 2. The van der Waals surface area contributed by atoms with Crippen LogP contribution in [0.3, 0.4) is 0 Å². The van der Waals surface area contributed by atoms with E-state index in [1.54, 1.807) is 24.5 Å². The molecule has 12 heteroatoms. The molecule has 0 unspecified atom stereocenters.